The lowest BCUT2D eigenvalue weighted by Crippen LogP contribution is -2.38. The summed E-state index contributed by atoms with van der Waals surface area (Å²) in [7, 11) is 0. The molecule has 0 aromatic heterocycles. The molecule has 1 fully saturated rings. The van der Waals surface area contributed by atoms with Gasteiger partial charge in [-0.25, -0.2) is 0 Å². The maximum Gasteiger partial charge on any atom is 0.142 e. The molecule has 0 saturated heterocycles. The van der Waals surface area contributed by atoms with Gasteiger partial charge in [-0.1, -0.05) is 25.3 Å². The van der Waals surface area contributed by atoms with E-state index >= 15 is 0 Å². The molecule has 92 valence electrons. The molecular weight excluding hydrogens is 210 g/mol. The van der Waals surface area contributed by atoms with E-state index in [0.29, 0.717) is 6.04 Å². The van der Waals surface area contributed by atoms with Gasteiger partial charge in [-0.2, -0.15) is 0 Å². The van der Waals surface area contributed by atoms with Crippen LogP contribution in [0.5, 0.6) is 5.75 Å². The second kappa shape index (κ2) is 4.59. The number of anilines is 1. The van der Waals surface area contributed by atoms with Crippen molar-refractivity contribution in [3.05, 3.63) is 23.8 Å². The van der Waals surface area contributed by atoms with Gasteiger partial charge >= 0.3 is 0 Å². The van der Waals surface area contributed by atoms with Crippen molar-refractivity contribution in [2.24, 2.45) is 5.92 Å². The predicted molar refractivity (Wildman–Crippen MR) is 70.7 cm³/mol. The average Bonchev–Trinajstić information content (AvgIpc) is 2.39. The van der Waals surface area contributed by atoms with Crippen LogP contribution >= 0.6 is 0 Å². The third-order valence-corrected chi connectivity index (χ3v) is 4.11. The number of ether oxygens (including phenoxy) is 1. The molecule has 1 aliphatic heterocycles. The largest absolute Gasteiger partial charge is 0.489 e. The Kier molecular flexibility index (Phi) is 2.96. The van der Waals surface area contributed by atoms with E-state index in [1.807, 2.05) is 0 Å². The fourth-order valence-corrected chi connectivity index (χ4v) is 3.09. The van der Waals surface area contributed by atoms with Gasteiger partial charge in [-0.15, -0.1) is 0 Å². The number of aryl methyl sites for hydroxylation is 1. The van der Waals surface area contributed by atoms with E-state index in [2.05, 4.69) is 30.4 Å². The van der Waals surface area contributed by atoms with Crippen LogP contribution in [0.3, 0.4) is 0 Å². The Morgan fingerprint density at radius 1 is 1.18 bits per heavy atom. The zero-order chi connectivity index (χ0) is 11.7. The summed E-state index contributed by atoms with van der Waals surface area (Å²) in [5.74, 6) is 1.82. The lowest BCUT2D eigenvalue weighted by molar-refractivity contribution is 0.214. The molecule has 17 heavy (non-hydrogen) atoms. The first-order chi connectivity index (χ1) is 8.33. The molecule has 0 spiro atoms. The summed E-state index contributed by atoms with van der Waals surface area (Å²) >= 11 is 0. The van der Waals surface area contributed by atoms with Crippen LogP contribution in [0.25, 0.3) is 0 Å². The first-order valence-corrected chi connectivity index (χ1v) is 6.83. The molecular formula is C15H21NO. The highest BCUT2D eigenvalue weighted by Crippen LogP contribution is 2.35. The summed E-state index contributed by atoms with van der Waals surface area (Å²) in [5.41, 5.74) is 2.48. The minimum atomic E-state index is 0.518. The molecule has 2 nitrogen and oxygen atoms in total. The summed E-state index contributed by atoms with van der Waals surface area (Å²) in [4.78, 5) is 0. The van der Waals surface area contributed by atoms with Crippen molar-refractivity contribution in [2.45, 2.75) is 45.1 Å². The number of hydrogen-bond donors (Lipinski definition) is 1. The van der Waals surface area contributed by atoms with E-state index in [1.165, 1.54) is 43.4 Å². The molecule has 1 N–H and O–H groups in total. The molecule has 1 atom stereocenters. The minimum Gasteiger partial charge on any atom is -0.489 e. The Hall–Kier alpha value is -1.18. The molecule has 0 amide bonds. The predicted octanol–water partition coefficient (Wildman–Crippen LogP) is 3.75. The van der Waals surface area contributed by atoms with Crippen LogP contribution in [0, 0.1) is 12.8 Å². The van der Waals surface area contributed by atoms with Gasteiger partial charge in [-0.05, 0) is 43.4 Å². The molecule has 3 rings (SSSR count). The normalized spacial score (nSPS) is 24.6. The fraction of sp³-hybridized carbons (Fsp3) is 0.600. The van der Waals surface area contributed by atoms with Crippen molar-refractivity contribution in [1.82, 2.24) is 0 Å². The topological polar surface area (TPSA) is 21.3 Å². The van der Waals surface area contributed by atoms with E-state index in [0.717, 1.165) is 18.3 Å². The third kappa shape index (κ3) is 2.26. The molecule has 1 heterocycles. The summed E-state index contributed by atoms with van der Waals surface area (Å²) in [5, 5.41) is 3.68. The second-order valence-corrected chi connectivity index (χ2v) is 5.46. The Bertz CT molecular complexity index is 396. The summed E-state index contributed by atoms with van der Waals surface area (Å²) in [6.45, 7) is 2.97. The Labute approximate surface area is 103 Å². The molecule has 1 saturated carbocycles. The standard InChI is InChI=1S/C15H21NO/c1-11-7-8-15-13(9-11)16-14(10-17-15)12-5-3-2-4-6-12/h7-9,12,14,16H,2-6,10H2,1H3. The van der Waals surface area contributed by atoms with Crippen LogP contribution in [-0.4, -0.2) is 12.6 Å². The van der Waals surface area contributed by atoms with Crippen molar-refractivity contribution in [2.75, 3.05) is 11.9 Å². The van der Waals surface area contributed by atoms with Gasteiger partial charge in [0.1, 0.15) is 12.4 Å². The summed E-state index contributed by atoms with van der Waals surface area (Å²) < 4.78 is 5.88. The summed E-state index contributed by atoms with van der Waals surface area (Å²) in [6, 6.07) is 6.91. The van der Waals surface area contributed by atoms with E-state index < -0.39 is 0 Å². The van der Waals surface area contributed by atoms with E-state index in [4.69, 9.17) is 4.74 Å². The van der Waals surface area contributed by atoms with Gasteiger partial charge in [0.05, 0.1) is 11.7 Å². The van der Waals surface area contributed by atoms with Gasteiger partial charge in [0.15, 0.2) is 0 Å². The van der Waals surface area contributed by atoms with Crippen molar-refractivity contribution in [3.8, 4) is 5.75 Å². The van der Waals surface area contributed by atoms with Crippen molar-refractivity contribution < 1.29 is 4.74 Å². The highest BCUT2D eigenvalue weighted by molar-refractivity contribution is 5.60. The SMILES string of the molecule is Cc1ccc2c(c1)NC(C1CCCCC1)CO2. The van der Waals surface area contributed by atoms with Crippen LogP contribution in [-0.2, 0) is 0 Å². The van der Waals surface area contributed by atoms with Crippen molar-refractivity contribution in [3.63, 3.8) is 0 Å². The quantitative estimate of drug-likeness (QED) is 0.794. The number of nitrogens with one attached hydrogen (secondary N) is 1. The Morgan fingerprint density at radius 3 is 2.82 bits per heavy atom. The molecule has 2 heteroatoms. The van der Waals surface area contributed by atoms with Crippen molar-refractivity contribution >= 4 is 5.69 Å². The number of benzene rings is 1. The van der Waals surface area contributed by atoms with E-state index in [-0.39, 0.29) is 0 Å². The Balaban J connectivity index is 1.75. The van der Waals surface area contributed by atoms with Gasteiger partial charge in [0, 0.05) is 0 Å². The third-order valence-electron chi connectivity index (χ3n) is 4.11. The molecule has 1 aliphatic carbocycles. The monoisotopic (exact) mass is 231 g/mol. The van der Waals surface area contributed by atoms with E-state index in [9.17, 15) is 0 Å². The van der Waals surface area contributed by atoms with Crippen molar-refractivity contribution in [1.29, 1.82) is 0 Å². The molecule has 1 aromatic carbocycles. The maximum absolute atomic E-state index is 5.88. The van der Waals surface area contributed by atoms with Gasteiger partial charge < -0.3 is 10.1 Å². The maximum atomic E-state index is 5.88. The second-order valence-electron chi connectivity index (χ2n) is 5.46. The summed E-state index contributed by atoms with van der Waals surface area (Å²) in [6.07, 6.45) is 6.93. The average molecular weight is 231 g/mol. The number of hydrogen-bond acceptors (Lipinski definition) is 2. The van der Waals surface area contributed by atoms with Crippen LogP contribution in [0.4, 0.5) is 5.69 Å². The molecule has 0 bridgehead atoms. The van der Waals surface area contributed by atoms with Gasteiger partial charge in [-0.3, -0.25) is 0 Å². The van der Waals surface area contributed by atoms with Crippen LogP contribution in [0.15, 0.2) is 18.2 Å². The number of rotatable bonds is 1. The molecule has 1 unspecified atom stereocenters. The lowest BCUT2D eigenvalue weighted by Gasteiger charge is -2.35. The smallest absolute Gasteiger partial charge is 0.142 e. The van der Waals surface area contributed by atoms with Gasteiger partial charge in [0.2, 0.25) is 0 Å². The first-order valence-electron chi connectivity index (χ1n) is 6.83. The highest BCUT2D eigenvalue weighted by Gasteiger charge is 2.27. The minimum absolute atomic E-state index is 0.518. The highest BCUT2D eigenvalue weighted by atomic mass is 16.5. The van der Waals surface area contributed by atoms with Crippen LogP contribution in [0.1, 0.15) is 37.7 Å². The van der Waals surface area contributed by atoms with Crippen LogP contribution in [0.2, 0.25) is 0 Å². The number of fused-ring (bicyclic) bond motifs is 1. The van der Waals surface area contributed by atoms with Gasteiger partial charge in [0.25, 0.3) is 0 Å². The Morgan fingerprint density at radius 2 is 2.00 bits per heavy atom. The molecule has 2 aliphatic rings. The fourth-order valence-electron chi connectivity index (χ4n) is 3.09. The zero-order valence-corrected chi connectivity index (χ0v) is 10.5. The molecule has 0 radical (unpaired) electrons. The molecule has 1 aromatic rings. The van der Waals surface area contributed by atoms with E-state index in [1.54, 1.807) is 0 Å². The zero-order valence-electron chi connectivity index (χ0n) is 10.5. The van der Waals surface area contributed by atoms with Crippen LogP contribution < -0.4 is 10.1 Å². The first kappa shape index (κ1) is 10.9. The lowest BCUT2D eigenvalue weighted by atomic mass is 9.83.